The first-order chi connectivity index (χ1) is 20.9. The number of nitrogens with one attached hydrogen (secondary N) is 1. The molecule has 13 heteroatoms. The van der Waals surface area contributed by atoms with E-state index in [1.807, 2.05) is 0 Å². The third-order valence-electron chi connectivity index (χ3n) is 8.21. The van der Waals surface area contributed by atoms with Crippen LogP contribution in [-0.4, -0.2) is 64.6 Å². The van der Waals surface area contributed by atoms with E-state index < -0.39 is 44.9 Å². The van der Waals surface area contributed by atoms with Crippen molar-refractivity contribution in [1.29, 1.82) is 0 Å². The summed E-state index contributed by atoms with van der Waals surface area (Å²) in [5.41, 5.74) is -1.12. The van der Waals surface area contributed by atoms with Gasteiger partial charge in [-0.05, 0) is 30.3 Å². The topological polar surface area (TPSA) is 147 Å². The largest absolute Gasteiger partial charge is 0.497 e. The first-order valence-corrected chi connectivity index (χ1v) is 15.8. The zero-order valence-electron chi connectivity index (χ0n) is 24.2. The highest BCUT2D eigenvalue weighted by atomic mass is 35.5. The van der Waals surface area contributed by atoms with Crippen molar-refractivity contribution in [2.75, 3.05) is 27.1 Å². The number of carbonyl (C=O) groups excluding carboxylic acids is 3. The molecule has 1 N–H and O–H groups in total. The smallest absolute Gasteiger partial charge is 0.237 e. The van der Waals surface area contributed by atoms with Gasteiger partial charge in [0.05, 0.1) is 45.1 Å². The molecule has 2 aromatic carbocycles. The molecule has 11 nitrogen and oxygen atoms in total. The van der Waals surface area contributed by atoms with E-state index >= 15 is 0 Å². The molecule has 6 rings (SSSR count). The van der Waals surface area contributed by atoms with E-state index in [-0.39, 0.29) is 63.3 Å². The van der Waals surface area contributed by atoms with Crippen molar-refractivity contribution in [2.45, 2.75) is 31.4 Å². The standard InChI is InChI=1S/C31H28ClNO10S/c1-15-11-21-24(29(35)31(15)30(36)25-20(40-3)13-22(41-4)26(32)28(25)43-31)19(12-23(34)33-17-9-10-44(37,38)14-17)27(42-21)16-5-7-18(39-2)8-6-16/h5-10,13,15,17H,11-12,14H2,1-4H3,(H,33,34)/t15-,17?,31+/m1/s1. The summed E-state index contributed by atoms with van der Waals surface area (Å²) in [4.78, 5) is 42.1. The average Bonchev–Trinajstić information content (AvgIpc) is 3.63. The van der Waals surface area contributed by atoms with Gasteiger partial charge in [0.1, 0.15) is 39.4 Å². The summed E-state index contributed by atoms with van der Waals surface area (Å²) in [5, 5.41) is 3.77. The maximum Gasteiger partial charge on any atom is 0.237 e. The van der Waals surface area contributed by atoms with E-state index in [9.17, 15) is 22.8 Å². The Bertz CT molecular complexity index is 1860. The fourth-order valence-electron chi connectivity index (χ4n) is 6.06. The van der Waals surface area contributed by atoms with Crippen molar-refractivity contribution in [3.8, 4) is 34.3 Å². The van der Waals surface area contributed by atoms with Gasteiger partial charge in [0.25, 0.3) is 0 Å². The van der Waals surface area contributed by atoms with Crippen LogP contribution in [0.1, 0.15) is 39.0 Å². The maximum absolute atomic E-state index is 14.6. The van der Waals surface area contributed by atoms with Gasteiger partial charge in [-0.2, -0.15) is 0 Å². The second kappa shape index (κ2) is 10.7. The molecule has 3 aromatic rings. The van der Waals surface area contributed by atoms with Crippen LogP contribution >= 0.6 is 11.6 Å². The Labute approximate surface area is 258 Å². The zero-order valence-corrected chi connectivity index (χ0v) is 25.8. The highest BCUT2D eigenvalue weighted by molar-refractivity contribution is 7.94. The van der Waals surface area contributed by atoms with Crippen molar-refractivity contribution in [2.24, 2.45) is 5.92 Å². The lowest BCUT2D eigenvalue weighted by Crippen LogP contribution is -2.56. The van der Waals surface area contributed by atoms with Gasteiger partial charge in [0, 0.05) is 34.9 Å². The first kappa shape index (κ1) is 29.8. The van der Waals surface area contributed by atoms with Crippen LogP contribution in [0.25, 0.3) is 11.3 Å². The van der Waals surface area contributed by atoms with Gasteiger partial charge >= 0.3 is 0 Å². The number of amides is 1. The van der Waals surface area contributed by atoms with Crippen LogP contribution in [0.4, 0.5) is 0 Å². The van der Waals surface area contributed by atoms with Crippen molar-refractivity contribution >= 4 is 38.9 Å². The molecule has 44 heavy (non-hydrogen) atoms. The monoisotopic (exact) mass is 641 g/mol. The van der Waals surface area contributed by atoms with E-state index in [4.69, 9.17) is 35.0 Å². The molecular formula is C31H28ClNO10S. The van der Waals surface area contributed by atoms with Crippen LogP contribution < -0.4 is 24.3 Å². The number of furan rings is 1. The highest BCUT2D eigenvalue weighted by Gasteiger charge is 2.63. The van der Waals surface area contributed by atoms with Crippen molar-refractivity contribution < 1.29 is 46.2 Å². The predicted octanol–water partition coefficient (Wildman–Crippen LogP) is 3.98. The van der Waals surface area contributed by atoms with E-state index in [2.05, 4.69) is 5.32 Å². The number of methoxy groups -OCH3 is 3. The first-order valence-electron chi connectivity index (χ1n) is 13.7. The molecule has 230 valence electrons. The van der Waals surface area contributed by atoms with Gasteiger partial charge in [0.15, 0.2) is 15.6 Å². The second-order valence-electron chi connectivity index (χ2n) is 10.8. The molecule has 2 aliphatic heterocycles. The maximum atomic E-state index is 14.6. The average molecular weight is 642 g/mol. The SMILES string of the molecule is COc1ccc(-c2oc3c(c2CC(=O)NC2C=CS(=O)(=O)C2)C(=O)[C@@]2(Oc4c(Cl)c(OC)cc(OC)c4C2=O)[C@H](C)C3)cc1. The van der Waals surface area contributed by atoms with E-state index in [0.29, 0.717) is 17.1 Å². The van der Waals surface area contributed by atoms with Gasteiger partial charge in [-0.25, -0.2) is 8.42 Å². The Kier molecular flexibility index (Phi) is 7.24. The number of hydrogen-bond acceptors (Lipinski definition) is 10. The molecule has 1 amide bonds. The Balaban J connectivity index is 1.46. The highest BCUT2D eigenvalue weighted by Crippen LogP contribution is 2.54. The summed E-state index contributed by atoms with van der Waals surface area (Å²) in [7, 11) is 0.895. The number of Topliss-reactive ketones (excluding diaryl/α,β-unsaturated/α-hetero) is 2. The molecule has 1 aliphatic carbocycles. The Morgan fingerprint density at radius 3 is 2.34 bits per heavy atom. The molecule has 3 heterocycles. The van der Waals surface area contributed by atoms with Crippen LogP contribution in [0.5, 0.6) is 23.0 Å². The number of carbonyl (C=O) groups is 3. The van der Waals surface area contributed by atoms with Crippen LogP contribution in [0.15, 0.2) is 46.2 Å². The number of rotatable bonds is 7. The number of sulfone groups is 1. The molecule has 0 saturated heterocycles. The molecule has 0 radical (unpaired) electrons. The third kappa shape index (κ3) is 4.55. The van der Waals surface area contributed by atoms with E-state index in [0.717, 1.165) is 5.41 Å². The number of ketones is 2. The van der Waals surface area contributed by atoms with Gasteiger partial charge in [-0.1, -0.05) is 18.5 Å². The number of halogens is 1. The molecule has 1 aromatic heterocycles. The summed E-state index contributed by atoms with van der Waals surface area (Å²) < 4.78 is 52.4. The lowest BCUT2D eigenvalue weighted by atomic mass is 9.70. The normalized spacial score (nSPS) is 22.8. The van der Waals surface area contributed by atoms with Crippen LogP contribution in [0.2, 0.25) is 5.02 Å². The van der Waals surface area contributed by atoms with Crippen LogP contribution in [-0.2, 0) is 27.5 Å². The second-order valence-corrected chi connectivity index (χ2v) is 13.2. The summed E-state index contributed by atoms with van der Waals surface area (Å²) in [5.74, 6) is -1.33. The minimum atomic E-state index is -3.42. The van der Waals surface area contributed by atoms with E-state index in [1.165, 1.54) is 33.5 Å². The summed E-state index contributed by atoms with van der Waals surface area (Å²) in [6, 6.07) is 7.61. The van der Waals surface area contributed by atoms with Crippen molar-refractivity contribution in [3.05, 3.63) is 69.3 Å². The van der Waals surface area contributed by atoms with Crippen molar-refractivity contribution in [3.63, 3.8) is 0 Å². The summed E-state index contributed by atoms with van der Waals surface area (Å²) in [6.45, 7) is 1.71. The molecule has 0 fully saturated rings. The summed E-state index contributed by atoms with van der Waals surface area (Å²) >= 11 is 6.56. The zero-order chi connectivity index (χ0) is 31.6. The lowest BCUT2D eigenvalue weighted by molar-refractivity contribution is -0.120. The molecule has 1 spiro atoms. The van der Waals surface area contributed by atoms with Gasteiger partial charge in [0.2, 0.25) is 23.1 Å². The minimum Gasteiger partial charge on any atom is -0.497 e. The molecule has 1 unspecified atom stereocenters. The molecule has 0 saturated carbocycles. The van der Waals surface area contributed by atoms with Gasteiger partial charge in [-0.15, -0.1) is 0 Å². The Morgan fingerprint density at radius 2 is 1.73 bits per heavy atom. The van der Waals surface area contributed by atoms with E-state index in [1.54, 1.807) is 31.2 Å². The Morgan fingerprint density at radius 1 is 1.05 bits per heavy atom. The van der Waals surface area contributed by atoms with Crippen LogP contribution in [0, 0.1) is 5.92 Å². The van der Waals surface area contributed by atoms with Gasteiger partial charge in [-0.3, -0.25) is 14.4 Å². The number of benzene rings is 2. The van der Waals surface area contributed by atoms with Crippen LogP contribution in [0.3, 0.4) is 0 Å². The fourth-order valence-corrected chi connectivity index (χ4v) is 7.56. The fraction of sp³-hybridized carbons (Fsp3) is 0.323. The predicted molar refractivity (Wildman–Crippen MR) is 159 cm³/mol. The third-order valence-corrected chi connectivity index (χ3v) is 9.97. The Hall–Kier alpha value is -4.29. The number of fused-ring (bicyclic) bond motifs is 2. The number of ether oxygens (including phenoxy) is 4. The number of hydrogen-bond donors (Lipinski definition) is 1. The molecule has 3 atom stereocenters. The summed E-state index contributed by atoms with van der Waals surface area (Å²) in [6.07, 6.45) is 1.20. The molecule has 0 bridgehead atoms. The van der Waals surface area contributed by atoms with Crippen molar-refractivity contribution in [1.82, 2.24) is 5.32 Å². The molecular weight excluding hydrogens is 614 g/mol. The lowest BCUT2D eigenvalue weighted by Gasteiger charge is -2.35. The minimum absolute atomic E-state index is 0.0182. The quantitative estimate of drug-likeness (QED) is 0.376. The van der Waals surface area contributed by atoms with Gasteiger partial charge < -0.3 is 28.7 Å². The molecule has 3 aliphatic rings.